The average Bonchev–Trinajstić information content (AvgIpc) is 3.15. The molecule has 1 aliphatic heterocycles. The number of hydrogen-bond donors (Lipinski definition) is 2. The first-order valence-electron chi connectivity index (χ1n) is 8.22. The van der Waals surface area contributed by atoms with Gasteiger partial charge in [0.1, 0.15) is 0 Å². The summed E-state index contributed by atoms with van der Waals surface area (Å²) in [5.74, 6) is 3.10. The van der Waals surface area contributed by atoms with Gasteiger partial charge in [0.25, 0.3) is 5.91 Å². The Morgan fingerprint density at radius 2 is 1.92 bits per heavy atom. The first kappa shape index (κ1) is 17.5. The lowest BCUT2D eigenvalue weighted by atomic mass is 10.0. The SMILES string of the molecule is O=C(CNC(=O)c1ccccc1)NCc1nc(C2CCSCC2)no1. The molecular weight excluding hydrogens is 340 g/mol. The molecular formula is C17H20N4O3S. The summed E-state index contributed by atoms with van der Waals surface area (Å²) in [5.41, 5.74) is 0.516. The van der Waals surface area contributed by atoms with Crippen molar-refractivity contribution in [2.24, 2.45) is 0 Å². The number of aromatic nitrogens is 2. The third-order valence-corrected chi connectivity index (χ3v) is 5.00. The van der Waals surface area contributed by atoms with Gasteiger partial charge in [-0.2, -0.15) is 16.7 Å². The molecule has 0 saturated carbocycles. The van der Waals surface area contributed by atoms with E-state index in [4.69, 9.17) is 4.52 Å². The lowest BCUT2D eigenvalue weighted by Crippen LogP contribution is -2.36. The highest BCUT2D eigenvalue weighted by Gasteiger charge is 2.21. The summed E-state index contributed by atoms with van der Waals surface area (Å²) in [6, 6.07) is 8.75. The second kappa shape index (κ2) is 8.66. The summed E-state index contributed by atoms with van der Waals surface area (Å²) in [6.07, 6.45) is 2.11. The van der Waals surface area contributed by atoms with Gasteiger partial charge in [-0.1, -0.05) is 23.4 Å². The van der Waals surface area contributed by atoms with Crippen molar-refractivity contribution in [2.75, 3.05) is 18.1 Å². The van der Waals surface area contributed by atoms with Gasteiger partial charge in [-0.3, -0.25) is 9.59 Å². The van der Waals surface area contributed by atoms with E-state index in [1.165, 1.54) is 0 Å². The fourth-order valence-electron chi connectivity index (χ4n) is 2.55. The molecule has 1 aromatic heterocycles. The molecule has 0 aliphatic carbocycles. The molecule has 7 nitrogen and oxygen atoms in total. The smallest absolute Gasteiger partial charge is 0.251 e. The predicted molar refractivity (Wildman–Crippen MR) is 94.2 cm³/mol. The summed E-state index contributed by atoms with van der Waals surface area (Å²) >= 11 is 1.94. The van der Waals surface area contributed by atoms with Crippen molar-refractivity contribution >= 4 is 23.6 Å². The van der Waals surface area contributed by atoms with E-state index < -0.39 is 0 Å². The van der Waals surface area contributed by atoms with Crippen LogP contribution in [0.3, 0.4) is 0 Å². The second-order valence-electron chi connectivity index (χ2n) is 5.76. The van der Waals surface area contributed by atoms with E-state index in [2.05, 4.69) is 20.8 Å². The van der Waals surface area contributed by atoms with Crippen LogP contribution in [-0.2, 0) is 11.3 Å². The first-order chi connectivity index (χ1) is 12.2. The lowest BCUT2D eigenvalue weighted by Gasteiger charge is -2.17. The minimum atomic E-state index is -0.307. The number of amides is 2. The van der Waals surface area contributed by atoms with Gasteiger partial charge >= 0.3 is 0 Å². The Morgan fingerprint density at radius 1 is 1.16 bits per heavy atom. The number of benzene rings is 1. The van der Waals surface area contributed by atoms with E-state index in [1.807, 2.05) is 17.8 Å². The van der Waals surface area contributed by atoms with E-state index in [1.54, 1.807) is 24.3 Å². The Balaban J connectivity index is 1.41. The molecule has 0 bridgehead atoms. The van der Waals surface area contributed by atoms with Gasteiger partial charge in [-0.25, -0.2) is 0 Å². The molecule has 0 spiro atoms. The molecule has 2 aromatic rings. The van der Waals surface area contributed by atoms with Crippen molar-refractivity contribution in [2.45, 2.75) is 25.3 Å². The number of nitrogens with one attached hydrogen (secondary N) is 2. The van der Waals surface area contributed by atoms with Crippen molar-refractivity contribution < 1.29 is 14.1 Å². The molecule has 1 fully saturated rings. The molecule has 132 valence electrons. The highest BCUT2D eigenvalue weighted by atomic mass is 32.2. The van der Waals surface area contributed by atoms with Crippen molar-refractivity contribution in [1.29, 1.82) is 0 Å². The van der Waals surface area contributed by atoms with E-state index in [0.717, 1.165) is 30.2 Å². The van der Waals surface area contributed by atoms with E-state index in [-0.39, 0.29) is 24.9 Å². The van der Waals surface area contributed by atoms with Gasteiger partial charge < -0.3 is 15.2 Å². The van der Waals surface area contributed by atoms with Crippen LogP contribution < -0.4 is 10.6 Å². The number of carbonyl (C=O) groups is 2. The standard InChI is InChI=1S/C17H20N4O3S/c22-14(10-19-17(23)13-4-2-1-3-5-13)18-11-15-20-16(21-24-15)12-6-8-25-9-7-12/h1-5,12H,6-11H2,(H,18,22)(H,19,23). The summed E-state index contributed by atoms with van der Waals surface area (Å²) in [5, 5.41) is 9.26. The van der Waals surface area contributed by atoms with Crippen LogP contribution in [0.4, 0.5) is 0 Å². The van der Waals surface area contributed by atoms with Crippen molar-refractivity contribution in [3.05, 3.63) is 47.6 Å². The summed E-state index contributed by atoms with van der Waals surface area (Å²) < 4.78 is 5.19. The van der Waals surface area contributed by atoms with Crippen molar-refractivity contribution in [1.82, 2.24) is 20.8 Å². The van der Waals surface area contributed by atoms with Crippen molar-refractivity contribution in [3.63, 3.8) is 0 Å². The number of rotatable bonds is 6. The third kappa shape index (κ3) is 5.06. The normalized spacial score (nSPS) is 14.9. The number of carbonyl (C=O) groups excluding carboxylic acids is 2. The van der Waals surface area contributed by atoms with Gasteiger partial charge in [0.15, 0.2) is 5.82 Å². The molecule has 3 rings (SSSR count). The Bertz CT molecular complexity index is 714. The third-order valence-electron chi connectivity index (χ3n) is 3.95. The summed E-state index contributed by atoms with van der Waals surface area (Å²) in [7, 11) is 0. The highest BCUT2D eigenvalue weighted by molar-refractivity contribution is 7.99. The van der Waals surface area contributed by atoms with Crippen LogP contribution in [0, 0.1) is 0 Å². The monoisotopic (exact) mass is 360 g/mol. The van der Waals surface area contributed by atoms with E-state index in [0.29, 0.717) is 17.4 Å². The fourth-order valence-corrected chi connectivity index (χ4v) is 3.66. The molecule has 1 aliphatic rings. The molecule has 2 N–H and O–H groups in total. The minimum absolute atomic E-state index is 0.103. The molecule has 0 unspecified atom stereocenters. The van der Waals surface area contributed by atoms with Crippen LogP contribution in [-0.4, -0.2) is 40.0 Å². The van der Waals surface area contributed by atoms with Gasteiger partial charge in [-0.15, -0.1) is 0 Å². The number of nitrogens with zero attached hydrogens (tertiary/aromatic N) is 2. The Hall–Kier alpha value is -2.35. The van der Waals surface area contributed by atoms with Crippen LogP contribution in [0.15, 0.2) is 34.9 Å². The Labute approximate surface area is 149 Å². The number of hydrogen-bond acceptors (Lipinski definition) is 6. The van der Waals surface area contributed by atoms with Gasteiger partial charge in [0.2, 0.25) is 11.8 Å². The molecule has 1 saturated heterocycles. The van der Waals surface area contributed by atoms with Gasteiger partial charge in [-0.05, 0) is 36.5 Å². The van der Waals surface area contributed by atoms with Gasteiger partial charge in [0.05, 0.1) is 13.1 Å². The zero-order valence-corrected chi connectivity index (χ0v) is 14.6. The molecule has 2 amide bonds. The van der Waals surface area contributed by atoms with Crippen molar-refractivity contribution in [3.8, 4) is 0 Å². The molecule has 8 heteroatoms. The molecule has 0 radical (unpaired) electrons. The van der Waals surface area contributed by atoms with Gasteiger partial charge in [0, 0.05) is 11.5 Å². The highest BCUT2D eigenvalue weighted by Crippen LogP contribution is 2.29. The average molecular weight is 360 g/mol. The van der Waals surface area contributed by atoms with Crippen LogP contribution in [0.5, 0.6) is 0 Å². The second-order valence-corrected chi connectivity index (χ2v) is 6.98. The Kier molecular flexibility index (Phi) is 6.05. The van der Waals surface area contributed by atoms with E-state index in [9.17, 15) is 9.59 Å². The fraction of sp³-hybridized carbons (Fsp3) is 0.412. The number of thioether (sulfide) groups is 1. The van der Waals surface area contributed by atoms with Crippen LogP contribution in [0.2, 0.25) is 0 Å². The summed E-state index contributed by atoms with van der Waals surface area (Å²) in [6.45, 7) is 0.0586. The minimum Gasteiger partial charge on any atom is -0.345 e. The maximum Gasteiger partial charge on any atom is 0.251 e. The zero-order chi connectivity index (χ0) is 17.5. The quantitative estimate of drug-likeness (QED) is 0.814. The first-order valence-corrected chi connectivity index (χ1v) is 9.38. The summed E-state index contributed by atoms with van der Waals surface area (Å²) in [4.78, 5) is 28.1. The molecule has 0 atom stereocenters. The maximum atomic E-state index is 11.9. The maximum absolute atomic E-state index is 11.9. The topological polar surface area (TPSA) is 97.1 Å². The van der Waals surface area contributed by atoms with Crippen LogP contribution in [0.25, 0.3) is 0 Å². The lowest BCUT2D eigenvalue weighted by molar-refractivity contribution is -0.120. The molecule has 25 heavy (non-hydrogen) atoms. The Morgan fingerprint density at radius 3 is 2.68 bits per heavy atom. The molecule has 1 aromatic carbocycles. The zero-order valence-electron chi connectivity index (χ0n) is 13.7. The molecule has 2 heterocycles. The predicted octanol–water partition coefficient (Wildman–Crippen LogP) is 1.73. The van der Waals surface area contributed by atoms with Crippen LogP contribution >= 0.6 is 11.8 Å². The van der Waals surface area contributed by atoms with E-state index >= 15 is 0 Å². The van der Waals surface area contributed by atoms with Crippen LogP contribution in [0.1, 0.15) is 40.8 Å². The largest absolute Gasteiger partial charge is 0.345 e.